The van der Waals surface area contributed by atoms with Crippen LogP contribution in [0.15, 0.2) is 104 Å². The van der Waals surface area contributed by atoms with Crippen molar-refractivity contribution in [2.45, 2.75) is 71.1 Å². The maximum absolute atomic E-state index is 12.9. The van der Waals surface area contributed by atoms with Crippen LogP contribution in [0.5, 0.6) is 34.5 Å². The quantitative estimate of drug-likeness (QED) is 0.0245. The number of rotatable bonds is 27. The van der Waals surface area contributed by atoms with Gasteiger partial charge in [-0.15, -0.1) is 0 Å². The van der Waals surface area contributed by atoms with Gasteiger partial charge in [0.05, 0.1) is 51.3 Å². The van der Waals surface area contributed by atoms with Crippen LogP contribution in [0.4, 0.5) is 0 Å². The third-order valence-electron chi connectivity index (χ3n) is 8.83. The summed E-state index contributed by atoms with van der Waals surface area (Å²) >= 11 is 0. The highest BCUT2D eigenvalue weighted by molar-refractivity contribution is 5.96. The van der Waals surface area contributed by atoms with Crippen molar-refractivity contribution >= 4 is 23.9 Å². The predicted molar refractivity (Wildman–Crippen MR) is 222 cm³/mol. The van der Waals surface area contributed by atoms with Crippen LogP contribution in [-0.4, -0.2) is 64.0 Å². The van der Waals surface area contributed by atoms with E-state index in [0.717, 1.165) is 63.2 Å². The summed E-state index contributed by atoms with van der Waals surface area (Å²) in [7, 11) is 1.24. The molecule has 0 saturated carbocycles. The smallest absolute Gasteiger partial charge is 0.343 e. The molecule has 12 heteroatoms. The van der Waals surface area contributed by atoms with Crippen molar-refractivity contribution in [1.82, 2.24) is 0 Å². The van der Waals surface area contributed by atoms with Gasteiger partial charge in [-0.25, -0.2) is 19.2 Å². The highest BCUT2D eigenvalue weighted by atomic mass is 16.6. The second-order valence-electron chi connectivity index (χ2n) is 13.4. The number of unbranched alkanes of at least 4 members (excludes halogenated alkanes) is 7. The van der Waals surface area contributed by atoms with Gasteiger partial charge in [-0.3, -0.25) is 0 Å². The molecule has 4 rings (SSSR count). The monoisotopic (exact) mass is 810 g/mol. The molecular formula is C47H54O12. The lowest BCUT2D eigenvalue weighted by Gasteiger charge is -2.12. The Morgan fingerprint density at radius 3 is 1.44 bits per heavy atom. The van der Waals surface area contributed by atoms with Crippen molar-refractivity contribution < 1.29 is 57.1 Å². The highest BCUT2D eigenvalue weighted by Gasteiger charge is 2.19. The topological polar surface area (TPSA) is 142 Å². The molecule has 0 aliphatic carbocycles. The van der Waals surface area contributed by atoms with Crippen LogP contribution in [-0.2, 0) is 14.3 Å². The third kappa shape index (κ3) is 16.6. The van der Waals surface area contributed by atoms with Crippen LogP contribution < -0.4 is 28.4 Å². The lowest BCUT2D eigenvalue weighted by Crippen LogP contribution is -2.13. The minimum Gasteiger partial charge on any atom is -0.494 e. The molecule has 0 N–H and O–H groups in total. The van der Waals surface area contributed by atoms with E-state index in [4.69, 9.17) is 37.9 Å². The van der Waals surface area contributed by atoms with Crippen LogP contribution in [0.2, 0.25) is 0 Å². The van der Waals surface area contributed by atoms with Crippen LogP contribution in [0.25, 0.3) is 0 Å². The number of carbonyl (C=O) groups excluding carboxylic acids is 4. The molecule has 12 nitrogen and oxygen atoms in total. The molecule has 0 unspecified atom stereocenters. The Hall–Kier alpha value is -6.30. The summed E-state index contributed by atoms with van der Waals surface area (Å²) in [5.41, 5.74) is 0.765. The van der Waals surface area contributed by atoms with Gasteiger partial charge in [-0.05, 0) is 123 Å². The van der Waals surface area contributed by atoms with Gasteiger partial charge >= 0.3 is 23.9 Å². The molecule has 314 valence electrons. The first-order valence-corrected chi connectivity index (χ1v) is 20.1. The number of methoxy groups -OCH3 is 1. The van der Waals surface area contributed by atoms with Gasteiger partial charge in [0.2, 0.25) is 0 Å². The van der Waals surface area contributed by atoms with E-state index >= 15 is 0 Å². The zero-order valence-corrected chi connectivity index (χ0v) is 34.0. The summed E-state index contributed by atoms with van der Waals surface area (Å²) in [4.78, 5) is 49.1. The first kappa shape index (κ1) is 45.4. The third-order valence-corrected chi connectivity index (χ3v) is 8.83. The Labute approximate surface area is 346 Å². The predicted octanol–water partition coefficient (Wildman–Crippen LogP) is 9.78. The maximum atomic E-state index is 12.9. The minimum atomic E-state index is -0.683. The van der Waals surface area contributed by atoms with Crippen LogP contribution in [0, 0.1) is 0 Å². The van der Waals surface area contributed by atoms with E-state index in [1.54, 1.807) is 78.9 Å². The molecule has 0 spiro atoms. The van der Waals surface area contributed by atoms with Gasteiger partial charge in [0.25, 0.3) is 0 Å². The fourth-order valence-electron chi connectivity index (χ4n) is 5.54. The van der Waals surface area contributed by atoms with Gasteiger partial charge in [-0.2, -0.15) is 0 Å². The van der Waals surface area contributed by atoms with E-state index in [-0.39, 0.29) is 23.5 Å². The Morgan fingerprint density at radius 1 is 0.492 bits per heavy atom. The van der Waals surface area contributed by atoms with Crippen LogP contribution in [0.1, 0.15) is 102 Å². The van der Waals surface area contributed by atoms with E-state index in [1.165, 1.54) is 19.2 Å². The first-order valence-electron chi connectivity index (χ1n) is 20.1. The Bertz CT molecular complexity index is 1900. The van der Waals surface area contributed by atoms with Gasteiger partial charge in [-0.1, -0.05) is 45.6 Å². The van der Waals surface area contributed by atoms with E-state index in [1.807, 2.05) is 0 Å². The van der Waals surface area contributed by atoms with E-state index in [0.29, 0.717) is 67.8 Å². The molecular weight excluding hydrogens is 757 g/mol. The second kappa shape index (κ2) is 25.9. The number of benzene rings is 4. The second-order valence-corrected chi connectivity index (χ2v) is 13.4. The lowest BCUT2D eigenvalue weighted by molar-refractivity contribution is -0.137. The molecule has 0 aliphatic heterocycles. The van der Waals surface area contributed by atoms with Gasteiger partial charge in [0, 0.05) is 6.08 Å². The standard InChI is InChI=1S/C47H54O12/c1-4-6-10-29-53-39-23-25-40(26-24-39)58-45(49)35-15-19-37(20-16-35)54-30-11-8-7-9-12-31-55-38-21-17-36(18-22-38)46(50)59-43-28-27-41(34-42(43)47(51)52-3)56-32-13-14-33-57-44(48)5-2/h5,15-28,34H,2,4,6-14,29-33H2,1,3H3. The van der Waals surface area contributed by atoms with Crippen molar-refractivity contribution in [2.24, 2.45) is 0 Å². The fraction of sp³-hybridized carbons (Fsp3) is 0.362. The molecule has 4 aromatic rings. The molecule has 0 bridgehead atoms. The number of hydrogen-bond donors (Lipinski definition) is 0. The Kier molecular flexibility index (Phi) is 19.9. The molecule has 0 aromatic heterocycles. The molecule has 0 aliphatic rings. The molecule has 4 aromatic carbocycles. The summed E-state index contributed by atoms with van der Waals surface area (Å²) in [6.45, 7) is 7.85. The molecule has 59 heavy (non-hydrogen) atoms. The van der Waals surface area contributed by atoms with Crippen molar-refractivity contribution in [3.63, 3.8) is 0 Å². The normalized spacial score (nSPS) is 10.5. The molecule has 0 amide bonds. The Balaban J connectivity index is 1.07. The molecule has 0 atom stereocenters. The number of carbonyl (C=O) groups is 4. The van der Waals surface area contributed by atoms with Gasteiger partial charge in [0.15, 0.2) is 0 Å². The highest BCUT2D eigenvalue weighted by Crippen LogP contribution is 2.27. The zero-order valence-electron chi connectivity index (χ0n) is 34.0. The first-order chi connectivity index (χ1) is 28.8. The van der Waals surface area contributed by atoms with E-state index < -0.39 is 23.9 Å². The van der Waals surface area contributed by atoms with Crippen molar-refractivity contribution in [3.05, 3.63) is 120 Å². The average molecular weight is 811 g/mol. The van der Waals surface area contributed by atoms with Gasteiger partial charge < -0.3 is 37.9 Å². The van der Waals surface area contributed by atoms with Crippen LogP contribution >= 0.6 is 0 Å². The van der Waals surface area contributed by atoms with Crippen molar-refractivity contribution in [3.8, 4) is 34.5 Å². The zero-order chi connectivity index (χ0) is 42.1. The number of ether oxygens (including phenoxy) is 8. The van der Waals surface area contributed by atoms with Crippen LogP contribution in [0.3, 0.4) is 0 Å². The maximum Gasteiger partial charge on any atom is 0.343 e. The SMILES string of the molecule is C=CC(=O)OCCCCOc1ccc(OC(=O)c2ccc(OCCCCCCCOc3ccc(C(=O)Oc4ccc(OCCCCC)cc4)cc3)cc2)c(C(=O)OC)c1. The summed E-state index contributed by atoms with van der Waals surface area (Å²) in [6.07, 6.45) is 10.4. The molecule has 0 radical (unpaired) electrons. The van der Waals surface area contributed by atoms with Crippen molar-refractivity contribution in [1.29, 1.82) is 0 Å². The Morgan fingerprint density at radius 2 is 0.915 bits per heavy atom. The molecule has 0 fully saturated rings. The van der Waals surface area contributed by atoms with Gasteiger partial charge in [0.1, 0.15) is 40.1 Å². The minimum absolute atomic E-state index is 0.0350. The number of esters is 4. The fourth-order valence-corrected chi connectivity index (χ4v) is 5.54. The summed E-state index contributed by atoms with van der Waals surface area (Å²) in [6, 6.07) is 25.1. The summed E-state index contributed by atoms with van der Waals surface area (Å²) in [5.74, 6) is 0.716. The molecule has 0 heterocycles. The average Bonchev–Trinajstić information content (AvgIpc) is 3.26. The largest absolute Gasteiger partial charge is 0.494 e. The van der Waals surface area contributed by atoms with E-state index in [2.05, 4.69) is 13.5 Å². The summed E-state index contributed by atoms with van der Waals surface area (Å²) in [5, 5.41) is 0. The van der Waals surface area contributed by atoms with E-state index in [9.17, 15) is 19.2 Å². The molecule has 0 saturated heterocycles. The summed E-state index contributed by atoms with van der Waals surface area (Å²) < 4.78 is 44.0. The van der Waals surface area contributed by atoms with Crippen molar-refractivity contribution in [2.75, 3.05) is 40.1 Å². The lowest BCUT2D eigenvalue weighted by atomic mass is 10.1. The number of hydrogen-bond acceptors (Lipinski definition) is 12.